The van der Waals surface area contributed by atoms with E-state index in [1.807, 2.05) is 0 Å². The minimum Gasteiger partial charge on any atom is -0.311 e. The third kappa shape index (κ3) is 1.01. The molecule has 1 aliphatic rings. The Kier molecular flexibility index (Phi) is 1.13. The van der Waals surface area contributed by atoms with Gasteiger partial charge in [-0.15, -0.1) is 12.1 Å². The fourth-order valence-corrected chi connectivity index (χ4v) is 0.553. The van der Waals surface area contributed by atoms with Crippen LogP contribution in [0.25, 0.3) is 0 Å². The van der Waals surface area contributed by atoms with Crippen LogP contribution in [0.4, 0.5) is 0 Å². The molecule has 1 aliphatic heterocycles. The van der Waals surface area contributed by atoms with Crippen LogP contribution in [0.1, 0.15) is 0 Å². The van der Waals surface area contributed by atoms with Crippen LogP contribution in [0, 0.1) is 7.05 Å². The van der Waals surface area contributed by atoms with Crippen molar-refractivity contribution in [2.45, 2.75) is 0 Å². The Hall–Kier alpha value is -0.340. The van der Waals surface area contributed by atoms with Gasteiger partial charge in [0, 0.05) is 0 Å². The van der Waals surface area contributed by atoms with Crippen molar-refractivity contribution in [3.05, 3.63) is 18.3 Å². The highest BCUT2D eigenvalue weighted by Crippen LogP contribution is 1.94. The van der Waals surface area contributed by atoms with Crippen LogP contribution in [0.3, 0.4) is 0 Å². The second kappa shape index (κ2) is 1.64. The topological polar surface area (TPSA) is 16.8 Å². The first-order valence-corrected chi connectivity index (χ1v) is 2.27. The summed E-state index contributed by atoms with van der Waals surface area (Å²) in [6, 6.07) is 0. The van der Waals surface area contributed by atoms with Crippen molar-refractivity contribution in [3.8, 4) is 0 Å². The van der Waals surface area contributed by atoms with Crippen LogP contribution in [-0.4, -0.2) is 6.21 Å². The number of quaternary nitrogens is 1. The van der Waals surface area contributed by atoms with Crippen molar-refractivity contribution >= 4 is 17.8 Å². The summed E-state index contributed by atoms with van der Waals surface area (Å²) in [5.41, 5.74) is 0. The predicted octanol–water partition coefficient (Wildman–Crippen LogP) is -0.258. The molecule has 0 saturated carbocycles. The van der Waals surface area contributed by atoms with Gasteiger partial charge in [0.1, 0.15) is 17.4 Å². The highest BCUT2D eigenvalue weighted by molar-refractivity contribution is 6.39. The molecule has 7 heavy (non-hydrogen) atoms. The Labute approximate surface area is 47.1 Å². The van der Waals surface area contributed by atoms with E-state index in [0.29, 0.717) is 5.03 Å². The van der Waals surface area contributed by atoms with Crippen LogP contribution < -0.4 is 5.01 Å². The van der Waals surface area contributed by atoms with Crippen molar-refractivity contribution in [2.75, 3.05) is 0 Å². The molecule has 0 bridgehead atoms. The third-order valence-electron chi connectivity index (χ3n) is 0.658. The number of nitrogens with zero attached hydrogens (tertiary/aromatic N) is 1. The Balaban J connectivity index is 2.69. The van der Waals surface area contributed by atoms with Crippen molar-refractivity contribution in [2.24, 2.45) is 5.10 Å². The minimum atomic E-state index is 0.657. The van der Waals surface area contributed by atoms with E-state index in [2.05, 4.69) is 12.1 Å². The van der Waals surface area contributed by atoms with E-state index in [1.54, 1.807) is 12.4 Å². The number of nitrogens with one attached hydrogen (secondary N) is 1. The molecule has 0 fully saturated rings. The average molecular weight is 117 g/mol. The smallest absolute Gasteiger partial charge is 0.117 e. The van der Waals surface area contributed by atoms with Gasteiger partial charge in [-0.2, -0.15) is 0 Å². The number of rotatable bonds is 0. The first-order valence-electron chi connectivity index (χ1n) is 1.89. The van der Waals surface area contributed by atoms with E-state index < -0.39 is 0 Å². The van der Waals surface area contributed by atoms with E-state index in [4.69, 9.17) is 11.6 Å². The molecule has 1 unspecified atom stereocenters. The molecule has 0 amide bonds. The number of hydrogen-bond donors (Lipinski definition) is 1. The maximum Gasteiger partial charge on any atom is 0.117 e. The zero-order valence-corrected chi connectivity index (χ0v) is 4.44. The molecular weight excluding hydrogens is 112 g/mol. The number of hydrogen-bond acceptors (Lipinski definition) is 1. The molecule has 0 aromatic rings. The van der Waals surface area contributed by atoms with Gasteiger partial charge in [0.15, 0.2) is 0 Å². The Morgan fingerprint density at radius 3 is 2.71 bits per heavy atom. The van der Waals surface area contributed by atoms with Gasteiger partial charge in [-0.1, -0.05) is 11.6 Å². The van der Waals surface area contributed by atoms with E-state index in [1.165, 1.54) is 0 Å². The molecule has 1 heterocycles. The summed E-state index contributed by atoms with van der Waals surface area (Å²) in [5, 5.41) is 5.16. The average Bonchev–Trinajstić information content (AvgIpc) is 1.87. The van der Waals surface area contributed by atoms with Crippen LogP contribution >= 0.6 is 11.6 Å². The zero-order valence-electron chi connectivity index (χ0n) is 3.69. The fraction of sp³-hybridized carbons (Fsp3) is 0. The molecule has 0 aromatic heterocycles. The summed E-state index contributed by atoms with van der Waals surface area (Å²) in [4.78, 5) is 0. The van der Waals surface area contributed by atoms with Gasteiger partial charge in [0.05, 0.1) is 0 Å². The molecule has 0 spiro atoms. The van der Waals surface area contributed by atoms with Gasteiger partial charge in [-0.3, -0.25) is 0 Å². The Morgan fingerprint density at radius 1 is 1.86 bits per heavy atom. The molecule has 2 nitrogen and oxygen atoms in total. The van der Waals surface area contributed by atoms with Crippen LogP contribution in [0.2, 0.25) is 0 Å². The predicted molar refractivity (Wildman–Crippen MR) is 28.7 cm³/mol. The first-order chi connectivity index (χ1) is 3.29. The van der Waals surface area contributed by atoms with Crippen molar-refractivity contribution in [1.82, 2.24) is 0 Å². The summed E-state index contributed by atoms with van der Waals surface area (Å²) in [7, 11) is 3.55. The van der Waals surface area contributed by atoms with Crippen LogP contribution in [0.15, 0.2) is 16.3 Å². The summed E-state index contributed by atoms with van der Waals surface area (Å²) < 4.78 is 0. The fourth-order valence-electron chi connectivity index (χ4n) is 0.378. The SMILES string of the molecule is [CH2-][NH+]1C=C(Cl)C=N1. The second-order valence-corrected chi connectivity index (χ2v) is 1.72. The molecular formula is C4H5ClN2. The highest BCUT2D eigenvalue weighted by atomic mass is 35.5. The molecule has 1 atom stereocenters. The third-order valence-corrected chi connectivity index (χ3v) is 0.865. The highest BCUT2D eigenvalue weighted by Gasteiger charge is 1.98. The number of allylic oxidation sites excluding steroid dienone is 1. The largest absolute Gasteiger partial charge is 0.311 e. The lowest BCUT2D eigenvalue weighted by Gasteiger charge is -1.97. The maximum atomic E-state index is 5.46. The van der Waals surface area contributed by atoms with Crippen LogP contribution in [-0.2, 0) is 0 Å². The van der Waals surface area contributed by atoms with Gasteiger partial charge in [-0.05, 0) is 0 Å². The van der Waals surface area contributed by atoms with Gasteiger partial charge >= 0.3 is 0 Å². The molecule has 1 N–H and O–H groups in total. The summed E-state index contributed by atoms with van der Waals surface area (Å²) in [6.45, 7) is 0. The summed E-state index contributed by atoms with van der Waals surface area (Å²) in [5.74, 6) is 0. The van der Waals surface area contributed by atoms with Crippen molar-refractivity contribution < 1.29 is 5.01 Å². The maximum absolute atomic E-state index is 5.46. The Bertz CT molecular complexity index is 128. The molecule has 0 aliphatic carbocycles. The lowest BCUT2D eigenvalue weighted by molar-refractivity contribution is -0.801. The van der Waals surface area contributed by atoms with Gasteiger partial charge in [0.2, 0.25) is 0 Å². The Morgan fingerprint density at radius 2 is 2.57 bits per heavy atom. The van der Waals surface area contributed by atoms with Gasteiger partial charge in [0.25, 0.3) is 0 Å². The second-order valence-electron chi connectivity index (χ2n) is 1.28. The van der Waals surface area contributed by atoms with Gasteiger partial charge in [-0.25, -0.2) is 0 Å². The summed E-state index contributed by atoms with van der Waals surface area (Å²) in [6.07, 6.45) is 3.28. The molecule has 0 saturated heterocycles. The van der Waals surface area contributed by atoms with E-state index in [0.717, 1.165) is 5.01 Å². The molecule has 38 valence electrons. The molecule has 0 radical (unpaired) electrons. The van der Waals surface area contributed by atoms with Crippen LogP contribution in [0.5, 0.6) is 0 Å². The van der Waals surface area contributed by atoms with E-state index in [9.17, 15) is 0 Å². The van der Waals surface area contributed by atoms with Crippen molar-refractivity contribution in [1.29, 1.82) is 0 Å². The monoisotopic (exact) mass is 116 g/mol. The van der Waals surface area contributed by atoms with Crippen molar-refractivity contribution in [3.63, 3.8) is 0 Å². The standard InChI is InChI=1S/C4H5ClN2/c1-7-3-4(5)2-6-7/h2-3,7H,1H2. The zero-order chi connectivity index (χ0) is 5.28. The summed E-state index contributed by atoms with van der Waals surface area (Å²) >= 11 is 5.46. The first kappa shape index (κ1) is 4.81. The molecule has 3 heteroatoms. The minimum absolute atomic E-state index is 0.657. The van der Waals surface area contributed by atoms with Gasteiger partial charge < -0.3 is 5.01 Å². The van der Waals surface area contributed by atoms with E-state index in [-0.39, 0.29) is 0 Å². The number of halogens is 1. The molecule has 0 aromatic carbocycles. The lowest BCUT2D eigenvalue weighted by atomic mass is 10.7. The normalized spacial score (nSPS) is 28.3. The lowest BCUT2D eigenvalue weighted by Crippen LogP contribution is -2.95. The molecule has 1 rings (SSSR count). The van der Waals surface area contributed by atoms with E-state index >= 15 is 0 Å². The quantitative estimate of drug-likeness (QED) is 0.420.